The number of carbonyl (C=O) groups excluding carboxylic acids is 3. The van der Waals surface area contributed by atoms with Gasteiger partial charge >= 0.3 is 6.03 Å². The zero-order valence-electron chi connectivity index (χ0n) is 14.9. The molecular weight excluding hydrogens is 371 g/mol. The van der Waals surface area contributed by atoms with Crippen molar-refractivity contribution in [3.05, 3.63) is 70.0 Å². The van der Waals surface area contributed by atoms with Gasteiger partial charge in [-0.2, -0.15) is 0 Å². The minimum Gasteiger partial charge on any atom is -0.319 e. The second-order valence-electron chi connectivity index (χ2n) is 6.54. The van der Waals surface area contributed by atoms with E-state index in [1.165, 1.54) is 13.0 Å². The van der Waals surface area contributed by atoms with E-state index >= 15 is 0 Å². The Bertz CT molecular complexity index is 929. The molecule has 1 aliphatic heterocycles. The van der Waals surface area contributed by atoms with Crippen molar-refractivity contribution in [1.29, 1.82) is 0 Å². The highest BCUT2D eigenvalue weighted by Crippen LogP contribution is 2.34. The molecular formula is C20H18ClFN2O3. The second-order valence-corrected chi connectivity index (χ2v) is 6.95. The standard InChI is InChI=1S/C20H18ClFN2O3/c1-3-12-4-6-13(7-5-12)17(25)11-24-18(26)20(2,23-19(24)27)15-9-8-14(22)10-16(15)21/h4-10H,3,11H2,1-2H3,(H,23,27). The van der Waals surface area contributed by atoms with Gasteiger partial charge in [-0.1, -0.05) is 48.9 Å². The Kier molecular flexibility index (Phi) is 5.02. The molecule has 27 heavy (non-hydrogen) atoms. The number of imide groups is 1. The van der Waals surface area contributed by atoms with Gasteiger partial charge in [-0.25, -0.2) is 9.18 Å². The molecule has 2 aromatic carbocycles. The number of benzene rings is 2. The van der Waals surface area contributed by atoms with Crippen molar-refractivity contribution in [3.8, 4) is 0 Å². The molecule has 0 radical (unpaired) electrons. The van der Waals surface area contributed by atoms with Crippen molar-refractivity contribution in [3.63, 3.8) is 0 Å². The SMILES string of the molecule is CCc1ccc(C(=O)CN2C(=O)NC(C)(c3ccc(F)cc3Cl)C2=O)cc1. The molecule has 0 saturated carbocycles. The number of nitrogens with one attached hydrogen (secondary N) is 1. The van der Waals surface area contributed by atoms with E-state index in [1.807, 2.05) is 19.1 Å². The average molecular weight is 389 g/mol. The van der Waals surface area contributed by atoms with E-state index in [-0.39, 0.29) is 22.9 Å². The number of aryl methyl sites for hydroxylation is 1. The van der Waals surface area contributed by atoms with Crippen LogP contribution in [0.3, 0.4) is 0 Å². The number of hydrogen-bond acceptors (Lipinski definition) is 3. The summed E-state index contributed by atoms with van der Waals surface area (Å²) in [5.74, 6) is -1.51. The highest BCUT2D eigenvalue weighted by atomic mass is 35.5. The molecule has 1 saturated heterocycles. The van der Waals surface area contributed by atoms with E-state index in [4.69, 9.17) is 11.6 Å². The maximum absolute atomic E-state index is 13.3. The van der Waals surface area contributed by atoms with E-state index in [0.29, 0.717) is 5.56 Å². The lowest BCUT2D eigenvalue weighted by Gasteiger charge is -2.23. The molecule has 2 aromatic rings. The van der Waals surface area contributed by atoms with Crippen LogP contribution >= 0.6 is 11.6 Å². The van der Waals surface area contributed by atoms with E-state index in [9.17, 15) is 18.8 Å². The molecule has 1 fully saturated rings. The van der Waals surface area contributed by atoms with Gasteiger partial charge in [0, 0.05) is 16.1 Å². The van der Waals surface area contributed by atoms with E-state index < -0.39 is 23.3 Å². The smallest absolute Gasteiger partial charge is 0.319 e. The summed E-state index contributed by atoms with van der Waals surface area (Å²) >= 11 is 6.06. The summed E-state index contributed by atoms with van der Waals surface area (Å²) in [5.41, 5.74) is 0.307. The average Bonchev–Trinajstić information content (AvgIpc) is 2.85. The third kappa shape index (κ3) is 3.45. The van der Waals surface area contributed by atoms with Gasteiger partial charge in [0.15, 0.2) is 5.78 Å². The third-order valence-corrected chi connectivity index (χ3v) is 5.04. The molecule has 7 heteroatoms. The Balaban J connectivity index is 1.84. The van der Waals surface area contributed by atoms with Crippen molar-refractivity contribution in [2.45, 2.75) is 25.8 Å². The van der Waals surface area contributed by atoms with Gasteiger partial charge in [-0.3, -0.25) is 14.5 Å². The lowest BCUT2D eigenvalue weighted by molar-refractivity contribution is -0.130. The summed E-state index contributed by atoms with van der Waals surface area (Å²) < 4.78 is 13.3. The normalized spacial score (nSPS) is 19.3. The van der Waals surface area contributed by atoms with Gasteiger partial charge in [0.1, 0.15) is 11.4 Å². The number of hydrogen-bond donors (Lipinski definition) is 1. The Labute approximate surface area is 161 Å². The Morgan fingerprint density at radius 3 is 2.44 bits per heavy atom. The van der Waals surface area contributed by atoms with Crippen LogP contribution in [-0.4, -0.2) is 29.2 Å². The fraction of sp³-hybridized carbons (Fsp3) is 0.250. The first-order valence-corrected chi connectivity index (χ1v) is 8.86. The number of Topliss-reactive ketones (excluding diaryl/α,β-unsaturated/α-hetero) is 1. The van der Waals surface area contributed by atoms with Gasteiger partial charge in [-0.05, 0) is 31.0 Å². The molecule has 1 aliphatic rings. The molecule has 140 valence electrons. The first-order chi connectivity index (χ1) is 12.8. The molecule has 0 spiro atoms. The number of ketones is 1. The molecule has 0 bridgehead atoms. The zero-order valence-corrected chi connectivity index (χ0v) is 15.6. The summed E-state index contributed by atoms with van der Waals surface area (Å²) in [4.78, 5) is 38.6. The van der Waals surface area contributed by atoms with Crippen LogP contribution in [0.2, 0.25) is 5.02 Å². The molecule has 0 aromatic heterocycles. The predicted molar refractivity (Wildman–Crippen MR) is 99.2 cm³/mol. The Hall–Kier alpha value is -2.73. The van der Waals surface area contributed by atoms with Crippen LogP contribution in [-0.2, 0) is 16.8 Å². The summed E-state index contributed by atoms with van der Waals surface area (Å²) in [7, 11) is 0. The van der Waals surface area contributed by atoms with Gasteiger partial charge in [-0.15, -0.1) is 0 Å². The highest BCUT2D eigenvalue weighted by molar-refractivity contribution is 6.32. The number of nitrogens with zero attached hydrogens (tertiary/aromatic N) is 1. The van der Waals surface area contributed by atoms with Crippen molar-refractivity contribution in [2.24, 2.45) is 0 Å². The number of halogens is 2. The van der Waals surface area contributed by atoms with E-state index in [2.05, 4.69) is 5.32 Å². The molecule has 3 rings (SSSR count). The molecule has 1 atom stereocenters. The van der Waals surface area contributed by atoms with Gasteiger partial charge in [0.2, 0.25) is 0 Å². The summed E-state index contributed by atoms with van der Waals surface area (Å²) in [6.45, 7) is 3.10. The van der Waals surface area contributed by atoms with Crippen LogP contribution in [0.25, 0.3) is 0 Å². The lowest BCUT2D eigenvalue weighted by atomic mass is 9.92. The summed E-state index contributed by atoms with van der Waals surface area (Å²) in [6.07, 6.45) is 0.846. The van der Waals surface area contributed by atoms with Crippen LogP contribution in [0.1, 0.15) is 35.3 Å². The third-order valence-electron chi connectivity index (χ3n) is 4.73. The minimum absolute atomic E-state index is 0.0227. The Morgan fingerprint density at radius 1 is 1.19 bits per heavy atom. The molecule has 5 nitrogen and oxygen atoms in total. The second kappa shape index (κ2) is 7.12. The van der Waals surface area contributed by atoms with Crippen LogP contribution in [0, 0.1) is 5.82 Å². The van der Waals surface area contributed by atoms with Crippen molar-refractivity contribution in [2.75, 3.05) is 6.54 Å². The van der Waals surface area contributed by atoms with E-state index in [0.717, 1.165) is 29.0 Å². The molecule has 1 N–H and O–H groups in total. The number of carbonyl (C=O) groups is 3. The largest absolute Gasteiger partial charge is 0.325 e. The topological polar surface area (TPSA) is 66.5 Å². The van der Waals surface area contributed by atoms with Crippen LogP contribution < -0.4 is 5.32 Å². The monoisotopic (exact) mass is 388 g/mol. The van der Waals surface area contributed by atoms with Crippen LogP contribution in [0.4, 0.5) is 9.18 Å². The molecule has 0 aliphatic carbocycles. The lowest BCUT2D eigenvalue weighted by Crippen LogP contribution is -2.41. The molecule has 1 heterocycles. The molecule has 3 amide bonds. The quantitative estimate of drug-likeness (QED) is 0.627. The zero-order chi connectivity index (χ0) is 19.8. The van der Waals surface area contributed by atoms with Crippen molar-refractivity contribution < 1.29 is 18.8 Å². The summed E-state index contributed by atoms with van der Waals surface area (Å²) in [6, 6.07) is 9.92. The fourth-order valence-corrected chi connectivity index (χ4v) is 3.44. The molecule has 1 unspecified atom stereocenters. The first kappa shape index (κ1) is 19.0. The fourth-order valence-electron chi connectivity index (χ4n) is 3.08. The van der Waals surface area contributed by atoms with Crippen molar-refractivity contribution >= 4 is 29.3 Å². The number of rotatable bonds is 5. The first-order valence-electron chi connectivity index (χ1n) is 8.48. The highest BCUT2D eigenvalue weighted by Gasteiger charge is 2.50. The maximum atomic E-state index is 13.3. The van der Waals surface area contributed by atoms with Crippen LogP contribution in [0.5, 0.6) is 0 Å². The van der Waals surface area contributed by atoms with E-state index in [1.54, 1.807) is 12.1 Å². The predicted octanol–water partition coefficient (Wildman–Crippen LogP) is 3.69. The number of amides is 3. The number of urea groups is 1. The van der Waals surface area contributed by atoms with Gasteiger partial charge in [0.25, 0.3) is 5.91 Å². The summed E-state index contributed by atoms with van der Waals surface area (Å²) in [5, 5.41) is 2.58. The Morgan fingerprint density at radius 2 is 1.85 bits per heavy atom. The maximum Gasteiger partial charge on any atom is 0.325 e. The van der Waals surface area contributed by atoms with Crippen molar-refractivity contribution in [1.82, 2.24) is 10.2 Å². The van der Waals surface area contributed by atoms with Crippen LogP contribution in [0.15, 0.2) is 42.5 Å². The van der Waals surface area contributed by atoms with Gasteiger partial charge < -0.3 is 5.32 Å². The minimum atomic E-state index is -1.46. The van der Waals surface area contributed by atoms with Gasteiger partial charge in [0.05, 0.1) is 6.54 Å².